The summed E-state index contributed by atoms with van der Waals surface area (Å²) in [5.41, 5.74) is 6.15. The average Bonchev–Trinajstić information content (AvgIpc) is 3.63. The zero-order valence-electron chi connectivity index (χ0n) is 23.5. The first-order valence-corrected chi connectivity index (χ1v) is 15.5. The highest BCUT2D eigenvalue weighted by Gasteiger charge is 2.35. The molecule has 0 radical (unpaired) electrons. The van der Waals surface area contributed by atoms with Crippen LogP contribution in [0.25, 0.3) is 0 Å². The van der Waals surface area contributed by atoms with Gasteiger partial charge in [-0.2, -0.15) is 27.0 Å². The summed E-state index contributed by atoms with van der Waals surface area (Å²) in [6.07, 6.45) is 3.12. The van der Waals surface area contributed by atoms with Crippen LogP contribution in [0.15, 0.2) is 30.6 Å². The van der Waals surface area contributed by atoms with Gasteiger partial charge in [-0.25, -0.2) is 4.39 Å². The number of fused-ring (bicyclic) bond motifs is 2. The van der Waals surface area contributed by atoms with E-state index in [-0.39, 0.29) is 13.0 Å². The van der Waals surface area contributed by atoms with Gasteiger partial charge in [-0.3, -0.25) is 4.79 Å². The second-order valence-corrected chi connectivity index (χ2v) is 12.3. The zero-order valence-corrected chi connectivity index (χ0v) is 24.3. The number of rotatable bonds is 7. The van der Waals surface area contributed by atoms with Crippen LogP contribution in [0.2, 0.25) is 0 Å². The van der Waals surface area contributed by atoms with Gasteiger partial charge in [-0.05, 0) is 50.0 Å². The molecule has 2 aromatic rings. The van der Waals surface area contributed by atoms with Gasteiger partial charge in [0, 0.05) is 55.0 Å². The van der Waals surface area contributed by atoms with Crippen LogP contribution in [-0.2, 0) is 29.3 Å². The largest absolute Gasteiger partial charge is 0.462 e. The van der Waals surface area contributed by atoms with E-state index in [1.807, 2.05) is 11.8 Å². The number of ether oxygens (including phenoxy) is 1. The number of thioether (sulfide) groups is 1. The lowest BCUT2D eigenvalue weighted by Gasteiger charge is -2.42. The number of nitrogens with zero attached hydrogens (tertiary/aromatic N) is 7. The summed E-state index contributed by atoms with van der Waals surface area (Å²) in [5.74, 6) is 1.14. The number of benzene rings is 1. The summed E-state index contributed by atoms with van der Waals surface area (Å²) in [5, 5.41) is 9.47. The predicted octanol–water partition coefficient (Wildman–Crippen LogP) is 3.67. The summed E-state index contributed by atoms with van der Waals surface area (Å²) >= 11 is 1.95. The van der Waals surface area contributed by atoms with Crippen molar-refractivity contribution in [3.8, 4) is 12.1 Å². The highest BCUT2D eigenvalue weighted by Crippen LogP contribution is 2.39. The lowest BCUT2D eigenvalue weighted by molar-refractivity contribution is -0.131. The Balaban J connectivity index is 1.31. The number of carbonyl (C=O) groups excluding carboxylic acids is 1. The molecule has 1 aromatic carbocycles. The number of hydrogen-bond donors (Lipinski definition) is 0. The van der Waals surface area contributed by atoms with Crippen molar-refractivity contribution < 1.29 is 13.9 Å². The van der Waals surface area contributed by atoms with Crippen molar-refractivity contribution in [2.45, 2.75) is 55.8 Å². The fourth-order valence-corrected chi connectivity index (χ4v) is 7.64. The molecule has 0 bridgehead atoms. The molecule has 2 fully saturated rings. The molecular formula is C30H36FN7O2S. The second-order valence-electron chi connectivity index (χ2n) is 11.3. The van der Waals surface area contributed by atoms with Crippen LogP contribution < -0.4 is 14.5 Å². The maximum Gasteiger partial charge on any atom is 0.318 e. The topological polar surface area (TPSA) is 88.8 Å². The molecule has 0 aliphatic carbocycles. The van der Waals surface area contributed by atoms with Gasteiger partial charge < -0.3 is 24.3 Å². The molecule has 0 N–H and O–H groups in total. The van der Waals surface area contributed by atoms with Crippen LogP contribution in [0.5, 0.6) is 6.01 Å². The van der Waals surface area contributed by atoms with Crippen LogP contribution in [0.3, 0.4) is 0 Å². The molecule has 1 amide bonds. The van der Waals surface area contributed by atoms with Crippen molar-refractivity contribution >= 4 is 29.2 Å². The number of carbonyl (C=O) groups is 1. The van der Waals surface area contributed by atoms with Gasteiger partial charge in [0.05, 0.1) is 30.8 Å². The minimum absolute atomic E-state index is 0.102. The van der Waals surface area contributed by atoms with E-state index in [9.17, 15) is 14.4 Å². The standard InChI is InChI=1S/C30H36FN7O2S/c1-20(31)29(39)38-14-13-37(15-22(38)8-10-32)28-24-9-12-36(27-7-3-5-21-18-41-19-25(21)27)16-26(24)33-30(34-28)40-17-23-6-4-11-35(23)2/h3,5,7,22-23H,1,4,6,8-9,11-19H2,2H3/t22-,23-/m0/s1. The zero-order chi connectivity index (χ0) is 28.5. The number of anilines is 2. The van der Waals surface area contributed by atoms with E-state index in [1.54, 1.807) is 0 Å². The van der Waals surface area contributed by atoms with E-state index in [2.05, 4.69) is 52.6 Å². The molecule has 0 saturated carbocycles. The molecule has 0 unspecified atom stereocenters. The highest BCUT2D eigenvalue weighted by molar-refractivity contribution is 7.98. The van der Waals surface area contributed by atoms with Crippen molar-refractivity contribution in [2.75, 3.05) is 56.2 Å². The molecule has 4 aliphatic rings. The smallest absolute Gasteiger partial charge is 0.318 e. The highest BCUT2D eigenvalue weighted by atomic mass is 32.2. The lowest BCUT2D eigenvalue weighted by Crippen LogP contribution is -2.55. The second kappa shape index (κ2) is 11.9. The van der Waals surface area contributed by atoms with Gasteiger partial charge in [0.1, 0.15) is 12.4 Å². The van der Waals surface area contributed by atoms with E-state index < -0.39 is 17.8 Å². The number of hydrogen-bond acceptors (Lipinski definition) is 9. The van der Waals surface area contributed by atoms with E-state index in [0.29, 0.717) is 38.3 Å². The fraction of sp³-hybridized carbons (Fsp3) is 0.533. The van der Waals surface area contributed by atoms with Gasteiger partial charge >= 0.3 is 6.01 Å². The fourth-order valence-electron chi connectivity index (χ4n) is 6.51. The first-order valence-electron chi connectivity index (χ1n) is 14.4. The first kappa shape index (κ1) is 27.8. The summed E-state index contributed by atoms with van der Waals surface area (Å²) in [7, 11) is 2.12. The van der Waals surface area contributed by atoms with E-state index in [0.717, 1.165) is 60.9 Å². The van der Waals surface area contributed by atoms with E-state index >= 15 is 0 Å². The Morgan fingerprint density at radius 1 is 1.17 bits per heavy atom. The Labute approximate surface area is 245 Å². The molecule has 216 valence electrons. The van der Waals surface area contributed by atoms with Gasteiger partial charge in [-0.15, -0.1) is 0 Å². The normalized spacial score (nSPS) is 22.3. The number of likely N-dealkylation sites (N-methyl/N-ethyl adjacent to an activating group) is 1. The molecule has 11 heteroatoms. The number of halogens is 1. The van der Waals surface area contributed by atoms with Crippen LogP contribution in [0.4, 0.5) is 15.9 Å². The summed E-state index contributed by atoms with van der Waals surface area (Å²) < 4.78 is 20.0. The minimum Gasteiger partial charge on any atom is -0.462 e. The Kier molecular flexibility index (Phi) is 8.04. The lowest BCUT2D eigenvalue weighted by atomic mass is 10.0. The third-order valence-corrected chi connectivity index (χ3v) is 9.80. The molecule has 5 heterocycles. The van der Waals surface area contributed by atoms with Gasteiger partial charge in [0.15, 0.2) is 5.83 Å². The van der Waals surface area contributed by atoms with Crippen molar-refractivity contribution in [3.05, 3.63) is 53.0 Å². The average molecular weight is 578 g/mol. The Hall–Kier alpha value is -3.36. The van der Waals surface area contributed by atoms with E-state index in [1.165, 1.54) is 21.7 Å². The molecule has 9 nitrogen and oxygen atoms in total. The van der Waals surface area contributed by atoms with Crippen LogP contribution >= 0.6 is 11.8 Å². The number of aromatic nitrogens is 2. The maximum atomic E-state index is 13.8. The molecule has 2 saturated heterocycles. The third-order valence-electron chi connectivity index (χ3n) is 8.79. The monoisotopic (exact) mass is 577 g/mol. The molecule has 1 aromatic heterocycles. The van der Waals surface area contributed by atoms with Crippen molar-refractivity contribution in [1.29, 1.82) is 5.26 Å². The molecule has 6 rings (SSSR count). The summed E-state index contributed by atoms with van der Waals surface area (Å²) in [6.45, 7) is 7.42. The Bertz CT molecular complexity index is 1380. The van der Waals surface area contributed by atoms with Gasteiger partial charge in [-0.1, -0.05) is 18.7 Å². The Morgan fingerprint density at radius 3 is 2.83 bits per heavy atom. The van der Waals surface area contributed by atoms with Crippen LogP contribution in [0.1, 0.15) is 41.6 Å². The minimum atomic E-state index is -1.00. The third kappa shape index (κ3) is 5.60. The molecule has 2 atom stereocenters. The number of likely N-dealkylation sites (tertiary alicyclic amines) is 1. The quantitative estimate of drug-likeness (QED) is 0.458. The summed E-state index contributed by atoms with van der Waals surface area (Å²) in [6, 6.07) is 8.99. The molecular weight excluding hydrogens is 541 g/mol. The maximum absolute atomic E-state index is 13.8. The number of amides is 1. The van der Waals surface area contributed by atoms with Crippen LogP contribution in [0, 0.1) is 11.3 Å². The van der Waals surface area contributed by atoms with Gasteiger partial charge in [0.2, 0.25) is 0 Å². The van der Waals surface area contributed by atoms with E-state index in [4.69, 9.17) is 14.7 Å². The van der Waals surface area contributed by atoms with Crippen molar-refractivity contribution in [1.82, 2.24) is 19.8 Å². The van der Waals surface area contributed by atoms with Crippen LogP contribution in [-0.4, -0.2) is 84.1 Å². The first-order chi connectivity index (χ1) is 19.9. The predicted molar refractivity (Wildman–Crippen MR) is 158 cm³/mol. The number of piperazine rings is 1. The van der Waals surface area contributed by atoms with Gasteiger partial charge in [0.25, 0.3) is 5.91 Å². The SMILES string of the molecule is C=C(F)C(=O)N1CCN(c2nc(OC[C@@H]3CCCN3C)nc3c2CCN(c2cccc4c2CSC4)C3)C[C@@H]1CC#N. The molecule has 0 spiro atoms. The summed E-state index contributed by atoms with van der Waals surface area (Å²) in [4.78, 5) is 30.6. The number of nitriles is 1. The molecule has 41 heavy (non-hydrogen) atoms. The molecule has 4 aliphatic heterocycles. The van der Waals surface area contributed by atoms with Crippen molar-refractivity contribution in [2.24, 2.45) is 0 Å². The Morgan fingerprint density at radius 2 is 2.05 bits per heavy atom. The van der Waals surface area contributed by atoms with Crippen molar-refractivity contribution in [3.63, 3.8) is 0 Å².